The van der Waals surface area contributed by atoms with Crippen LogP contribution in [0.5, 0.6) is 5.75 Å². The van der Waals surface area contributed by atoms with Crippen LogP contribution in [0.25, 0.3) is 5.69 Å². The first-order valence-electron chi connectivity index (χ1n) is 10.4. The molecule has 164 valence electrons. The van der Waals surface area contributed by atoms with Gasteiger partial charge in [0.2, 0.25) is 0 Å². The van der Waals surface area contributed by atoms with Gasteiger partial charge in [-0.15, -0.1) is 0 Å². The van der Waals surface area contributed by atoms with Gasteiger partial charge in [-0.25, -0.2) is 9.07 Å². The standard InChI is InChI=1S/C24H29FN4O2/c1-6-28(14-19-9-12-22(31-5)21(25)13-19)15-23(30)26-24-17(3)27-29(18(24)4)20-10-7-16(2)8-11-20/h7-13H,6,14-15H2,1-5H3,(H,26,30)/p+1. The van der Waals surface area contributed by atoms with Crippen molar-refractivity contribution in [2.45, 2.75) is 34.2 Å². The molecule has 0 aliphatic carbocycles. The number of carbonyl (C=O) groups is 1. The predicted molar refractivity (Wildman–Crippen MR) is 119 cm³/mol. The number of amides is 1. The molecule has 6 nitrogen and oxygen atoms in total. The maximum Gasteiger partial charge on any atom is 0.279 e. The third-order valence-corrected chi connectivity index (χ3v) is 5.42. The van der Waals surface area contributed by atoms with Crippen molar-refractivity contribution in [3.05, 3.63) is 70.8 Å². The lowest BCUT2D eigenvalue weighted by molar-refractivity contribution is -0.903. The molecule has 1 amide bonds. The number of aryl methyl sites for hydroxylation is 2. The minimum absolute atomic E-state index is 0.0968. The Kier molecular flexibility index (Phi) is 7.07. The maximum atomic E-state index is 14.0. The van der Waals surface area contributed by atoms with Crippen molar-refractivity contribution in [1.29, 1.82) is 0 Å². The maximum absolute atomic E-state index is 14.0. The SMILES string of the molecule is CC[NH+](CC(=O)Nc1c(C)nn(-c2ccc(C)cc2)c1C)Cc1ccc(OC)c(F)c1. The molecule has 1 atom stereocenters. The fourth-order valence-electron chi connectivity index (χ4n) is 3.59. The lowest BCUT2D eigenvalue weighted by atomic mass is 10.2. The summed E-state index contributed by atoms with van der Waals surface area (Å²) in [5, 5.41) is 7.62. The summed E-state index contributed by atoms with van der Waals surface area (Å²) < 4.78 is 20.8. The number of hydrogen-bond donors (Lipinski definition) is 2. The van der Waals surface area contributed by atoms with Crippen LogP contribution in [0, 0.1) is 26.6 Å². The first-order valence-corrected chi connectivity index (χ1v) is 10.4. The van der Waals surface area contributed by atoms with Crippen LogP contribution in [0.1, 0.15) is 29.4 Å². The lowest BCUT2D eigenvalue weighted by Gasteiger charge is -2.18. The van der Waals surface area contributed by atoms with Crippen LogP contribution in [0.3, 0.4) is 0 Å². The van der Waals surface area contributed by atoms with E-state index in [0.717, 1.165) is 39.8 Å². The minimum atomic E-state index is -0.394. The van der Waals surface area contributed by atoms with Gasteiger partial charge in [0.25, 0.3) is 5.91 Å². The van der Waals surface area contributed by atoms with Crippen molar-refractivity contribution >= 4 is 11.6 Å². The summed E-state index contributed by atoms with van der Waals surface area (Å²) in [7, 11) is 1.44. The second-order valence-corrected chi connectivity index (χ2v) is 7.77. The zero-order valence-corrected chi connectivity index (χ0v) is 18.8. The van der Waals surface area contributed by atoms with E-state index in [4.69, 9.17) is 4.74 Å². The van der Waals surface area contributed by atoms with E-state index in [9.17, 15) is 9.18 Å². The molecule has 1 heterocycles. The summed E-state index contributed by atoms with van der Waals surface area (Å²) in [6.45, 7) is 9.44. The Morgan fingerprint density at radius 1 is 1.16 bits per heavy atom. The number of likely N-dealkylation sites (N-methyl/N-ethyl adjacent to an activating group) is 1. The highest BCUT2D eigenvalue weighted by molar-refractivity contribution is 5.92. The Morgan fingerprint density at radius 3 is 2.48 bits per heavy atom. The number of anilines is 1. The summed E-state index contributed by atoms with van der Waals surface area (Å²) in [6, 6.07) is 13.0. The molecule has 0 saturated carbocycles. The Labute approximate surface area is 182 Å². The molecule has 1 unspecified atom stereocenters. The third-order valence-electron chi connectivity index (χ3n) is 5.42. The molecule has 7 heteroatoms. The van der Waals surface area contributed by atoms with E-state index < -0.39 is 5.82 Å². The number of benzene rings is 2. The minimum Gasteiger partial charge on any atom is -0.494 e. The Balaban J connectivity index is 1.69. The number of halogens is 1. The molecule has 0 aliphatic rings. The third kappa shape index (κ3) is 5.30. The average molecular weight is 426 g/mol. The van der Waals surface area contributed by atoms with Crippen LogP contribution in [0.15, 0.2) is 42.5 Å². The van der Waals surface area contributed by atoms with Gasteiger partial charge in [0.1, 0.15) is 6.54 Å². The van der Waals surface area contributed by atoms with E-state index in [2.05, 4.69) is 10.4 Å². The Morgan fingerprint density at radius 2 is 1.87 bits per heavy atom. The highest BCUT2D eigenvalue weighted by Gasteiger charge is 2.19. The molecule has 0 radical (unpaired) electrons. The molecule has 3 rings (SSSR count). The molecule has 0 aliphatic heterocycles. The van der Waals surface area contributed by atoms with E-state index in [1.54, 1.807) is 6.07 Å². The molecule has 0 bridgehead atoms. The Hall–Kier alpha value is -3.19. The van der Waals surface area contributed by atoms with Crippen LogP contribution in [-0.2, 0) is 11.3 Å². The van der Waals surface area contributed by atoms with Crippen LogP contribution in [0.4, 0.5) is 10.1 Å². The normalized spacial score (nSPS) is 11.9. The van der Waals surface area contributed by atoms with Gasteiger partial charge in [0, 0.05) is 5.56 Å². The van der Waals surface area contributed by atoms with Crippen molar-refractivity contribution in [2.75, 3.05) is 25.5 Å². The first kappa shape index (κ1) is 22.5. The summed E-state index contributed by atoms with van der Waals surface area (Å²) in [5.74, 6) is -0.272. The van der Waals surface area contributed by atoms with Gasteiger partial charge in [-0.3, -0.25) is 4.79 Å². The number of methoxy groups -OCH3 is 1. The lowest BCUT2D eigenvalue weighted by Crippen LogP contribution is -3.11. The smallest absolute Gasteiger partial charge is 0.279 e. The Bertz CT molecular complexity index is 1060. The number of hydrogen-bond acceptors (Lipinski definition) is 3. The van der Waals surface area contributed by atoms with Crippen molar-refractivity contribution in [2.24, 2.45) is 0 Å². The van der Waals surface area contributed by atoms with E-state index in [1.807, 2.05) is 62.7 Å². The van der Waals surface area contributed by atoms with Crippen LogP contribution in [0.2, 0.25) is 0 Å². The fourth-order valence-corrected chi connectivity index (χ4v) is 3.59. The molecule has 2 aromatic carbocycles. The van der Waals surface area contributed by atoms with Crippen molar-refractivity contribution < 1.29 is 18.8 Å². The second-order valence-electron chi connectivity index (χ2n) is 7.77. The van der Waals surface area contributed by atoms with Gasteiger partial charge in [0.15, 0.2) is 18.1 Å². The molecule has 2 N–H and O–H groups in total. The van der Waals surface area contributed by atoms with E-state index in [1.165, 1.54) is 18.7 Å². The number of ether oxygens (including phenoxy) is 1. The quantitative estimate of drug-likeness (QED) is 0.583. The molecule has 0 fully saturated rings. The van der Waals surface area contributed by atoms with Crippen molar-refractivity contribution in [3.8, 4) is 11.4 Å². The molecular weight excluding hydrogens is 395 g/mol. The number of aromatic nitrogens is 2. The predicted octanol–water partition coefficient (Wildman–Crippen LogP) is 2.99. The molecule has 0 spiro atoms. The average Bonchev–Trinajstić information content (AvgIpc) is 3.02. The van der Waals surface area contributed by atoms with E-state index in [0.29, 0.717) is 6.54 Å². The van der Waals surface area contributed by atoms with Gasteiger partial charge in [-0.1, -0.05) is 17.7 Å². The molecule has 0 saturated heterocycles. The number of rotatable bonds is 8. The molecule has 1 aromatic heterocycles. The summed E-state index contributed by atoms with van der Waals surface area (Å²) >= 11 is 0. The van der Waals surface area contributed by atoms with Gasteiger partial charge >= 0.3 is 0 Å². The van der Waals surface area contributed by atoms with Gasteiger partial charge < -0.3 is 15.0 Å². The topological polar surface area (TPSA) is 60.6 Å². The van der Waals surface area contributed by atoms with Gasteiger partial charge in [-0.2, -0.15) is 5.10 Å². The molecule has 3 aromatic rings. The highest BCUT2D eigenvalue weighted by Crippen LogP contribution is 2.23. The van der Waals surface area contributed by atoms with Crippen LogP contribution >= 0.6 is 0 Å². The number of nitrogens with zero attached hydrogens (tertiary/aromatic N) is 2. The van der Waals surface area contributed by atoms with Crippen molar-refractivity contribution in [3.63, 3.8) is 0 Å². The summed E-state index contributed by atoms with van der Waals surface area (Å²) in [4.78, 5) is 13.8. The van der Waals surface area contributed by atoms with Crippen LogP contribution < -0.4 is 15.0 Å². The van der Waals surface area contributed by atoms with Gasteiger partial charge in [0.05, 0.1) is 36.4 Å². The number of quaternary nitrogens is 1. The zero-order valence-electron chi connectivity index (χ0n) is 18.8. The summed E-state index contributed by atoms with van der Waals surface area (Å²) in [5.41, 5.74) is 5.33. The first-order chi connectivity index (χ1) is 14.8. The number of nitrogens with one attached hydrogen (secondary N) is 2. The largest absolute Gasteiger partial charge is 0.494 e. The molecule has 31 heavy (non-hydrogen) atoms. The second kappa shape index (κ2) is 9.75. The fraction of sp³-hybridized carbons (Fsp3) is 0.333. The highest BCUT2D eigenvalue weighted by atomic mass is 19.1. The van der Waals surface area contributed by atoms with E-state index in [-0.39, 0.29) is 18.2 Å². The van der Waals surface area contributed by atoms with Crippen molar-refractivity contribution in [1.82, 2.24) is 9.78 Å². The molecular formula is C24H30FN4O2+. The number of carbonyl (C=O) groups excluding carboxylic acids is 1. The van der Waals surface area contributed by atoms with Gasteiger partial charge in [-0.05, 0) is 58.0 Å². The zero-order chi connectivity index (χ0) is 22.5. The summed E-state index contributed by atoms with van der Waals surface area (Å²) in [6.07, 6.45) is 0. The van der Waals surface area contributed by atoms with E-state index >= 15 is 0 Å². The van der Waals surface area contributed by atoms with Crippen LogP contribution in [-0.4, -0.2) is 35.9 Å². The monoisotopic (exact) mass is 425 g/mol.